The molecule has 100 valence electrons. The van der Waals surface area contributed by atoms with Crippen LogP contribution >= 0.6 is 0 Å². The first-order chi connectivity index (χ1) is 8.61. The summed E-state index contributed by atoms with van der Waals surface area (Å²) in [6.07, 6.45) is 3.17. The van der Waals surface area contributed by atoms with Crippen LogP contribution in [0.5, 0.6) is 0 Å². The van der Waals surface area contributed by atoms with Crippen molar-refractivity contribution in [2.45, 2.75) is 39.2 Å². The summed E-state index contributed by atoms with van der Waals surface area (Å²) >= 11 is 0. The number of nitrogens with zero attached hydrogens (tertiary/aromatic N) is 2. The van der Waals surface area contributed by atoms with E-state index in [9.17, 15) is 4.79 Å². The molecule has 1 amide bonds. The number of hydrogen-bond donors (Lipinski definition) is 1. The minimum Gasteiger partial charge on any atom is -0.361 e. The summed E-state index contributed by atoms with van der Waals surface area (Å²) in [5.74, 6) is 0.634. The van der Waals surface area contributed by atoms with E-state index in [1.54, 1.807) is 6.92 Å². The maximum absolute atomic E-state index is 12.5. The molecule has 2 heterocycles. The Hall–Kier alpha value is -1.36. The monoisotopic (exact) mass is 251 g/mol. The van der Waals surface area contributed by atoms with Crippen LogP contribution in [0, 0.1) is 13.8 Å². The molecule has 1 saturated heterocycles. The number of amides is 1. The van der Waals surface area contributed by atoms with Gasteiger partial charge in [-0.25, -0.2) is 0 Å². The quantitative estimate of drug-likeness (QED) is 0.865. The summed E-state index contributed by atoms with van der Waals surface area (Å²) in [6.45, 7) is 5.62. The van der Waals surface area contributed by atoms with Crippen LogP contribution in [0.25, 0.3) is 0 Å². The lowest BCUT2D eigenvalue weighted by Gasteiger charge is -2.26. The van der Waals surface area contributed by atoms with Gasteiger partial charge in [0.1, 0.15) is 11.3 Å². The summed E-state index contributed by atoms with van der Waals surface area (Å²) in [6, 6.07) is 0.307. The smallest absolute Gasteiger partial charge is 0.259 e. The zero-order valence-electron chi connectivity index (χ0n) is 11.3. The molecule has 18 heavy (non-hydrogen) atoms. The molecule has 5 nitrogen and oxygen atoms in total. The Bertz CT molecular complexity index is 400. The second kappa shape index (κ2) is 5.52. The second-order valence-corrected chi connectivity index (χ2v) is 4.95. The van der Waals surface area contributed by atoms with Crippen LogP contribution in [0.2, 0.25) is 0 Å². The van der Waals surface area contributed by atoms with Crippen LogP contribution in [0.15, 0.2) is 4.52 Å². The van der Waals surface area contributed by atoms with Gasteiger partial charge in [0.05, 0.1) is 5.69 Å². The Morgan fingerprint density at radius 3 is 2.83 bits per heavy atom. The Balaban J connectivity index is 2.12. The van der Waals surface area contributed by atoms with Crippen molar-refractivity contribution in [3.63, 3.8) is 0 Å². The van der Waals surface area contributed by atoms with Crippen LogP contribution < -0.4 is 5.32 Å². The van der Waals surface area contributed by atoms with Crippen molar-refractivity contribution in [3.05, 3.63) is 17.0 Å². The maximum atomic E-state index is 12.5. The molecule has 0 saturated carbocycles. The summed E-state index contributed by atoms with van der Waals surface area (Å²) < 4.78 is 5.07. The number of hydrogen-bond acceptors (Lipinski definition) is 4. The number of rotatable bonds is 2. The molecule has 0 aliphatic carbocycles. The SMILES string of the molecule is Cc1noc(C)c1C(=O)N(C)C1CCCNCC1. The largest absolute Gasteiger partial charge is 0.361 e. The highest BCUT2D eigenvalue weighted by molar-refractivity contribution is 5.96. The molecule has 2 rings (SSSR count). The Morgan fingerprint density at radius 1 is 1.39 bits per heavy atom. The van der Waals surface area contributed by atoms with E-state index < -0.39 is 0 Å². The number of carbonyl (C=O) groups excluding carboxylic acids is 1. The van der Waals surface area contributed by atoms with Crippen LogP contribution in [0.1, 0.15) is 41.1 Å². The average molecular weight is 251 g/mol. The van der Waals surface area contributed by atoms with Gasteiger partial charge in [-0.2, -0.15) is 0 Å². The van der Waals surface area contributed by atoms with Crippen LogP contribution in [0.4, 0.5) is 0 Å². The summed E-state index contributed by atoms with van der Waals surface area (Å²) in [7, 11) is 1.88. The molecule has 0 spiro atoms. The summed E-state index contributed by atoms with van der Waals surface area (Å²) in [5.41, 5.74) is 1.30. The van der Waals surface area contributed by atoms with Crippen LogP contribution in [0.3, 0.4) is 0 Å². The Kier molecular flexibility index (Phi) is 4.01. The number of nitrogens with one attached hydrogen (secondary N) is 1. The third-order valence-electron chi connectivity index (χ3n) is 3.66. The van der Waals surface area contributed by atoms with Gasteiger partial charge >= 0.3 is 0 Å². The minimum absolute atomic E-state index is 0.0261. The molecule has 0 radical (unpaired) electrons. The Labute approximate surface area is 108 Å². The van der Waals surface area contributed by atoms with Gasteiger partial charge in [-0.3, -0.25) is 4.79 Å². The van der Waals surface area contributed by atoms with E-state index in [1.807, 2.05) is 18.9 Å². The summed E-state index contributed by atoms with van der Waals surface area (Å²) in [5, 5.41) is 7.21. The van der Waals surface area contributed by atoms with Crippen LogP contribution in [-0.2, 0) is 0 Å². The molecule has 1 aromatic rings. The fourth-order valence-corrected chi connectivity index (χ4v) is 2.52. The third-order valence-corrected chi connectivity index (χ3v) is 3.66. The molecule has 1 atom stereocenters. The zero-order valence-corrected chi connectivity index (χ0v) is 11.3. The van der Waals surface area contributed by atoms with E-state index >= 15 is 0 Å². The van der Waals surface area contributed by atoms with Crippen LogP contribution in [-0.4, -0.2) is 42.1 Å². The molecular formula is C13H21N3O2. The van der Waals surface area contributed by atoms with Gasteiger partial charge in [0.15, 0.2) is 0 Å². The van der Waals surface area contributed by atoms with E-state index in [0.29, 0.717) is 23.1 Å². The molecular weight excluding hydrogens is 230 g/mol. The van der Waals surface area contributed by atoms with Crippen molar-refractivity contribution in [1.82, 2.24) is 15.4 Å². The van der Waals surface area contributed by atoms with E-state index in [4.69, 9.17) is 4.52 Å². The highest BCUT2D eigenvalue weighted by atomic mass is 16.5. The van der Waals surface area contributed by atoms with E-state index in [2.05, 4.69) is 10.5 Å². The predicted molar refractivity (Wildman–Crippen MR) is 68.6 cm³/mol. The average Bonchev–Trinajstić information content (AvgIpc) is 2.61. The van der Waals surface area contributed by atoms with Gasteiger partial charge in [-0.15, -0.1) is 0 Å². The van der Waals surface area contributed by atoms with Crippen molar-refractivity contribution in [3.8, 4) is 0 Å². The molecule has 1 N–H and O–H groups in total. The van der Waals surface area contributed by atoms with Crippen molar-refractivity contribution < 1.29 is 9.32 Å². The highest BCUT2D eigenvalue weighted by Crippen LogP contribution is 2.19. The van der Waals surface area contributed by atoms with Crippen molar-refractivity contribution in [1.29, 1.82) is 0 Å². The third kappa shape index (κ3) is 2.56. The van der Waals surface area contributed by atoms with Crippen molar-refractivity contribution in [2.75, 3.05) is 20.1 Å². The number of carbonyl (C=O) groups is 1. The minimum atomic E-state index is 0.0261. The van der Waals surface area contributed by atoms with Crippen molar-refractivity contribution in [2.24, 2.45) is 0 Å². The molecule has 0 bridgehead atoms. The molecule has 5 heteroatoms. The number of aromatic nitrogens is 1. The molecule has 1 unspecified atom stereocenters. The first-order valence-electron chi connectivity index (χ1n) is 6.52. The van der Waals surface area contributed by atoms with E-state index in [1.165, 1.54) is 0 Å². The van der Waals surface area contributed by atoms with E-state index in [0.717, 1.165) is 32.4 Å². The van der Waals surface area contributed by atoms with Gasteiger partial charge < -0.3 is 14.7 Å². The lowest BCUT2D eigenvalue weighted by atomic mass is 10.1. The zero-order chi connectivity index (χ0) is 13.1. The van der Waals surface area contributed by atoms with Gasteiger partial charge in [-0.1, -0.05) is 5.16 Å². The van der Waals surface area contributed by atoms with Gasteiger partial charge in [0.25, 0.3) is 5.91 Å². The van der Waals surface area contributed by atoms with Gasteiger partial charge in [0.2, 0.25) is 0 Å². The molecule has 1 aliphatic heterocycles. The first kappa shape index (κ1) is 13.1. The molecule has 1 aromatic heterocycles. The molecule has 0 aromatic carbocycles. The summed E-state index contributed by atoms with van der Waals surface area (Å²) in [4.78, 5) is 14.3. The lowest BCUT2D eigenvalue weighted by molar-refractivity contribution is 0.0718. The Morgan fingerprint density at radius 2 is 2.17 bits per heavy atom. The molecule has 1 fully saturated rings. The van der Waals surface area contributed by atoms with Crippen molar-refractivity contribution >= 4 is 5.91 Å². The predicted octanol–water partition coefficient (Wildman–Crippen LogP) is 1.51. The molecule has 1 aliphatic rings. The van der Waals surface area contributed by atoms with E-state index in [-0.39, 0.29) is 5.91 Å². The highest BCUT2D eigenvalue weighted by Gasteiger charge is 2.26. The second-order valence-electron chi connectivity index (χ2n) is 4.95. The fraction of sp³-hybridized carbons (Fsp3) is 0.692. The normalized spacial score (nSPS) is 20.5. The van der Waals surface area contributed by atoms with Gasteiger partial charge in [-0.05, 0) is 46.2 Å². The number of aryl methyl sites for hydroxylation is 2. The maximum Gasteiger partial charge on any atom is 0.259 e. The lowest BCUT2D eigenvalue weighted by Crippen LogP contribution is -2.38. The first-order valence-corrected chi connectivity index (χ1v) is 6.52. The topological polar surface area (TPSA) is 58.4 Å². The van der Waals surface area contributed by atoms with Gasteiger partial charge in [0, 0.05) is 13.1 Å². The fourth-order valence-electron chi connectivity index (χ4n) is 2.52. The standard InChI is InChI=1S/C13H21N3O2/c1-9-12(10(2)18-15-9)13(17)16(3)11-5-4-7-14-8-6-11/h11,14H,4-8H2,1-3H3.